The Balaban J connectivity index is 1.58. The molecule has 0 saturated carbocycles. The number of aromatic nitrogens is 4. The molecule has 7 nitrogen and oxygen atoms in total. The van der Waals surface area contributed by atoms with E-state index in [0.29, 0.717) is 33.7 Å². The SMILES string of the molecule is CC(C)c1noc2ncc(C(=O)Nc3ccnn3Cc3cccc(Cl)c3Cl)cc12. The summed E-state index contributed by atoms with van der Waals surface area (Å²) >= 11 is 12.3. The molecule has 0 spiro atoms. The van der Waals surface area contributed by atoms with Gasteiger partial charge in [-0.15, -0.1) is 0 Å². The van der Waals surface area contributed by atoms with E-state index in [1.165, 1.54) is 6.20 Å². The summed E-state index contributed by atoms with van der Waals surface area (Å²) in [6, 6.07) is 8.84. The summed E-state index contributed by atoms with van der Waals surface area (Å²) in [7, 11) is 0. The first-order chi connectivity index (χ1) is 13.9. The van der Waals surface area contributed by atoms with Gasteiger partial charge in [-0.05, 0) is 23.6 Å². The molecule has 3 heterocycles. The van der Waals surface area contributed by atoms with Gasteiger partial charge in [0.15, 0.2) is 0 Å². The van der Waals surface area contributed by atoms with E-state index in [1.54, 1.807) is 29.1 Å². The fourth-order valence-corrected chi connectivity index (χ4v) is 3.36. The Morgan fingerprint density at radius 2 is 2.10 bits per heavy atom. The minimum absolute atomic E-state index is 0.153. The van der Waals surface area contributed by atoms with E-state index in [4.69, 9.17) is 27.7 Å². The van der Waals surface area contributed by atoms with E-state index in [2.05, 4.69) is 20.6 Å². The average molecular weight is 430 g/mol. The van der Waals surface area contributed by atoms with Crippen LogP contribution in [-0.4, -0.2) is 25.8 Å². The van der Waals surface area contributed by atoms with Crippen LogP contribution >= 0.6 is 23.2 Å². The van der Waals surface area contributed by atoms with E-state index in [-0.39, 0.29) is 11.8 Å². The Bertz CT molecular complexity index is 1200. The summed E-state index contributed by atoms with van der Waals surface area (Å²) in [6.07, 6.45) is 3.06. The van der Waals surface area contributed by atoms with E-state index in [0.717, 1.165) is 16.6 Å². The monoisotopic (exact) mass is 429 g/mol. The maximum absolute atomic E-state index is 12.8. The van der Waals surface area contributed by atoms with Crippen LogP contribution < -0.4 is 5.32 Å². The molecule has 148 valence electrons. The number of anilines is 1. The van der Waals surface area contributed by atoms with Crippen molar-refractivity contribution < 1.29 is 9.32 Å². The Hall–Kier alpha value is -2.90. The van der Waals surface area contributed by atoms with Gasteiger partial charge in [-0.1, -0.05) is 54.3 Å². The van der Waals surface area contributed by atoms with Crippen LogP contribution in [0.25, 0.3) is 11.1 Å². The predicted octanol–water partition coefficient (Wildman–Crippen LogP) is 5.15. The average Bonchev–Trinajstić information content (AvgIpc) is 3.31. The molecule has 0 atom stereocenters. The van der Waals surface area contributed by atoms with Crippen LogP contribution in [0.15, 0.2) is 47.2 Å². The number of carbonyl (C=O) groups excluding carboxylic acids is 1. The van der Waals surface area contributed by atoms with Crippen molar-refractivity contribution in [2.75, 3.05) is 5.32 Å². The maximum atomic E-state index is 12.8. The number of pyridine rings is 1. The molecule has 1 amide bonds. The molecular formula is C20H17Cl2N5O2. The Morgan fingerprint density at radius 3 is 2.90 bits per heavy atom. The Morgan fingerprint density at radius 1 is 1.28 bits per heavy atom. The lowest BCUT2D eigenvalue weighted by atomic mass is 10.1. The highest BCUT2D eigenvalue weighted by atomic mass is 35.5. The second-order valence-electron chi connectivity index (χ2n) is 6.84. The fourth-order valence-electron chi connectivity index (χ4n) is 2.98. The molecule has 9 heteroatoms. The lowest BCUT2D eigenvalue weighted by Crippen LogP contribution is -2.16. The van der Waals surface area contributed by atoms with Crippen LogP contribution in [-0.2, 0) is 6.54 Å². The standard InChI is InChI=1S/C20H17Cl2N5O2/c1-11(2)18-14-8-13(9-23-20(14)29-26-18)19(28)25-16-6-7-24-27(16)10-12-4-3-5-15(21)17(12)22/h3-9,11H,10H2,1-2H3,(H,25,28). The van der Waals surface area contributed by atoms with Crippen LogP contribution in [0.4, 0.5) is 5.82 Å². The molecule has 0 aliphatic heterocycles. The summed E-state index contributed by atoms with van der Waals surface area (Å²) in [6.45, 7) is 4.37. The smallest absolute Gasteiger partial charge is 0.258 e. The fraction of sp³-hybridized carbons (Fsp3) is 0.200. The minimum atomic E-state index is -0.311. The van der Waals surface area contributed by atoms with Gasteiger partial charge in [0.1, 0.15) is 5.82 Å². The van der Waals surface area contributed by atoms with Gasteiger partial charge < -0.3 is 9.84 Å². The van der Waals surface area contributed by atoms with Crippen molar-refractivity contribution in [3.63, 3.8) is 0 Å². The van der Waals surface area contributed by atoms with E-state index in [1.807, 2.05) is 26.0 Å². The third-order valence-electron chi connectivity index (χ3n) is 4.48. The molecule has 0 unspecified atom stereocenters. The molecule has 3 aromatic heterocycles. The van der Waals surface area contributed by atoms with Gasteiger partial charge in [-0.3, -0.25) is 4.79 Å². The highest BCUT2D eigenvalue weighted by Crippen LogP contribution is 2.27. The number of nitrogens with one attached hydrogen (secondary N) is 1. The first kappa shape index (κ1) is 19.4. The minimum Gasteiger partial charge on any atom is -0.336 e. The van der Waals surface area contributed by atoms with Crippen molar-refractivity contribution in [1.29, 1.82) is 0 Å². The second kappa shape index (κ2) is 7.85. The number of benzene rings is 1. The van der Waals surface area contributed by atoms with Crippen molar-refractivity contribution in [3.05, 3.63) is 69.6 Å². The molecule has 4 rings (SSSR count). The number of halogens is 2. The topological polar surface area (TPSA) is 85.8 Å². The van der Waals surface area contributed by atoms with Crippen molar-refractivity contribution >= 4 is 46.0 Å². The van der Waals surface area contributed by atoms with Gasteiger partial charge >= 0.3 is 0 Å². The molecule has 0 fully saturated rings. The Labute approximate surface area is 176 Å². The molecule has 0 saturated heterocycles. The second-order valence-corrected chi connectivity index (χ2v) is 7.63. The third-order valence-corrected chi connectivity index (χ3v) is 5.33. The lowest BCUT2D eigenvalue weighted by Gasteiger charge is -2.11. The normalized spacial score (nSPS) is 11.3. The number of rotatable bonds is 5. The van der Waals surface area contributed by atoms with Gasteiger partial charge in [0.25, 0.3) is 11.6 Å². The number of fused-ring (bicyclic) bond motifs is 1. The molecule has 0 radical (unpaired) electrons. The van der Waals surface area contributed by atoms with Gasteiger partial charge in [-0.25, -0.2) is 9.67 Å². The molecule has 0 bridgehead atoms. The first-order valence-corrected chi connectivity index (χ1v) is 9.71. The molecular weight excluding hydrogens is 413 g/mol. The molecule has 1 aromatic carbocycles. The maximum Gasteiger partial charge on any atom is 0.258 e. The van der Waals surface area contributed by atoms with Crippen molar-refractivity contribution in [1.82, 2.24) is 19.9 Å². The number of nitrogens with zero attached hydrogens (tertiary/aromatic N) is 4. The van der Waals surface area contributed by atoms with Crippen LogP contribution in [0.1, 0.15) is 41.4 Å². The van der Waals surface area contributed by atoms with Crippen molar-refractivity contribution in [2.45, 2.75) is 26.3 Å². The van der Waals surface area contributed by atoms with Crippen molar-refractivity contribution in [3.8, 4) is 0 Å². The quantitative estimate of drug-likeness (QED) is 0.473. The van der Waals surface area contributed by atoms with Crippen LogP contribution in [0.3, 0.4) is 0 Å². The summed E-state index contributed by atoms with van der Waals surface area (Å²) in [5.74, 6) is 0.370. The highest BCUT2D eigenvalue weighted by Gasteiger charge is 2.17. The molecule has 4 aromatic rings. The molecule has 29 heavy (non-hydrogen) atoms. The van der Waals surface area contributed by atoms with E-state index in [9.17, 15) is 4.79 Å². The highest BCUT2D eigenvalue weighted by molar-refractivity contribution is 6.42. The summed E-state index contributed by atoms with van der Waals surface area (Å²) in [5.41, 5.74) is 2.37. The zero-order valence-corrected chi connectivity index (χ0v) is 17.2. The van der Waals surface area contributed by atoms with Crippen LogP contribution in [0.5, 0.6) is 0 Å². The van der Waals surface area contributed by atoms with Crippen LogP contribution in [0, 0.1) is 0 Å². The number of amides is 1. The van der Waals surface area contributed by atoms with Crippen LogP contribution in [0.2, 0.25) is 10.0 Å². The first-order valence-electron chi connectivity index (χ1n) is 8.95. The molecule has 1 N–H and O–H groups in total. The summed E-state index contributed by atoms with van der Waals surface area (Å²) < 4.78 is 6.87. The summed E-state index contributed by atoms with van der Waals surface area (Å²) in [5, 5.41) is 12.8. The molecule has 0 aliphatic rings. The predicted molar refractivity (Wildman–Crippen MR) is 112 cm³/mol. The lowest BCUT2D eigenvalue weighted by molar-refractivity contribution is 0.102. The summed E-state index contributed by atoms with van der Waals surface area (Å²) in [4.78, 5) is 17.0. The van der Waals surface area contributed by atoms with Gasteiger partial charge in [-0.2, -0.15) is 5.10 Å². The number of hydrogen-bond donors (Lipinski definition) is 1. The van der Waals surface area contributed by atoms with E-state index < -0.39 is 0 Å². The van der Waals surface area contributed by atoms with Gasteiger partial charge in [0.05, 0.1) is 39.4 Å². The number of carbonyl (C=O) groups is 1. The molecule has 0 aliphatic carbocycles. The van der Waals surface area contributed by atoms with E-state index >= 15 is 0 Å². The Kier molecular flexibility index (Phi) is 5.25. The zero-order valence-electron chi connectivity index (χ0n) is 15.7. The number of hydrogen-bond acceptors (Lipinski definition) is 5. The van der Waals surface area contributed by atoms with Gasteiger partial charge in [0.2, 0.25) is 0 Å². The van der Waals surface area contributed by atoms with Crippen molar-refractivity contribution in [2.24, 2.45) is 0 Å². The largest absolute Gasteiger partial charge is 0.336 e. The third kappa shape index (κ3) is 3.83. The van der Waals surface area contributed by atoms with Gasteiger partial charge in [0, 0.05) is 12.3 Å². The zero-order chi connectivity index (χ0) is 20.5.